The lowest BCUT2D eigenvalue weighted by Gasteiger charge is -2.18. The Morgan fingerprint density at radius 2 is 1.71 bits per heavy atom. The third-order valence-corrected chi connectivity index (χ3v) is 4.24. The Bertz CT molecular complexity index is 843. The molecule has 0 bridgehead atoms. The van der Waals surface area contributed by atoms with Crippen LogP contribution in [0.15, 0.2) is 59.2 Å². The smallest absolute Gasteiger partial charge is 0.275 e. The van der Waals surface area contributed by atoms with Crippen LogP contribution in [-0.4, -0.2) is 11.7 Å². The van der Waals surface area contributed by atoms with Crippen molar-refractivity contribution in [2.45, 2.75) is 26.2 Å². The van der Waals surface area contributed by atoms with Crippen LogP contribution in [0.3, 0.4) is 0 Å². The summed E-state index contributed by atoms with van der Waals surface area (Å²) in [6, 6.07) is 15.5. The molecule has 1 aliphatic rings. The van der Waals surface area contributed by atoms with Crippen molar-refractivity contribution in [3.05, 3.63) is 75.9 Å². The zero-order valence-electron chi connectivity index (χ0n) is 13.9. The normalized spacial score (nSPS) is 16.2. The van der Waals surface area contributed by atoms with Crippen LogP contribution in [0.4, 0.5) is 0 Å². The monoisotopic (exact) mass is 338 g/mol. The van der Waals surface area contributed by atoms with Gasteiger partial charge in [-0.15, -0.1) is 0 Å². The van der Waals surface area contributed by atoms with Gasteiger partial charge in [-0.3, -0.25) is 4.79 Å². The van der Waals surface area contributed by atoms with Crippen molar-refractivity contribution in [1.29, 1.82) is 0 Å². The maximum Gasteiger partial charge on any atom is 0.275 e. The molecule has 4 heteroatoms. The molecule has 0 atom stereocenters. The minimum Gasteiger partial charge on any atom is -0.305 e. The highest BCUT2D eigenvalue weighted by Gasteiger charge is 2.22. The molecule has 2 aromatic rings. The second kappa shape index (κ2) is 6.25. The molecule has 0 unspecified atom stereocenters. The first-order chi connectivity index (χ1) is 11.3. The Hall–Kier alpha value is -2.39. The molecule has 122 valence electrons. The van der Waals surface area contributed by atoms with E-state index in [4.69, 9.17) is 11.6 Å². The minimum absolute atomic E-state index is 0.103. The van der Waals surface area contributed by atoms with Gasteiger partial charge in [0, 0.05) is 5.56 Å². The molecule has 0 saturated heterocycles. The maximum atomic E-state index is 12.2. The van der Waals surface area contributed by atoms with E-state index in [9.17, 15) is 4.79 Å². The predicted octanol–water partition coefficient (Wildman–Crippen LogP) is 4.56. The molecule has 0 aromatic heterocycles. The van der Waals surface area contributed by atoms with Gasteiger partial charge in [-0.05, 0) is 34.8 Å². The Morgan fingerprint density at radius 1 is 1.04 bits per heavy atom. The van der Waals surface area contributed by atoms with Gasteiger partial charge in [0.15, 0.2) is 0 Å². The quantitative estimate of drug-likeness (QED) is 0.801. The summed E-state index contributed by atoms with van der Waals surface area (Å²) in [5.74, 6) is 0.271. The highest BCUT2D eigenvalue weighted by Crippen LogP contribution is 2.24. The summed E-state index contributed by atoms with van der Waals surface area (Å²) in [7, 11) is 0. The Labute approximate surface area is 147 Å². The zero-order chi connectivity index (χ0) is 17.3. The van der Waals surface area contributed by atoms with Crippen molar-refractivity contribution in [3.63, 3.8) is 0 Å². The lowest BCUT2D eigenvalue weighted by atomic mass is 9.87. The van der Waals surface area contributed by atoms with Gasteiger partial charge in [-0.25, -0.2) is 4.99 Å². The van der Waals surface area contributed by atoms with Crippen molar-refractivity contribution in [2.24, 2.45) is 4.99 Å². The first-order valence-corrected chi connectivity index (χ1v) is 8.19. The highest BCUT2D eigenvalue weighted by molar-refractivity contribution is 6.35. The van der Waals surface area contributed by atoms with E-state index >= 15 is 0 Å². The number of carbonyl (C=O) groups is 1. The van der Waals surface area contributed by atoms with Crippen molar-refractivity contribution in [1.82, 2.24) is 5.32 Å². The van der Waals surface area contributed by atoms with Gasteiger partial charge in [0.2, 0.25) is 0 Å². The van der Waals surface area contributed by atoms with Crippen LogP contribution in [0.2, 0.25) is 5.02 Å². The van der Waals surface area contributed by atoms with Crippen molar-refractivity contribution in [3.8, 4) is 0 Å². The number of amides is 1. The molecule has 1 heterocycles. The number of carbonyl (C=O) groups excluding carboxylic acids is 1. The summed E-state index contributed by atoms with van der Waals surface area (Å²) < 4.78 is 0. The van der Waals surface area contributed by atoms with E-state index in [1.807, 2.05) is 30.3 Å². The zero-order valence-corrected chi connectivity index (χ0v) is 14.7. The van der Waals surface area contributed by atoms with Crippen LogP contribution >= 0.6 is 11.6 Å². The van der Waals surface area contributed by atoms with Crippen LogP contribution in [0.25, 0.3) is 6.08 Å². The number of amidine groups is 1. The molecule has 0 aliphatic carbocycles. The molecule has 2 aromatic carbocycles. The summed E-state index contributed by atoms with van der Waals surface area (Å²) in [4.78, 5) is 16.6. The van der Waals surface area contributed by atoms with Crippen LogP contribution in [0.5, 0.6) is 0 Å². The van der Waals surface area contributed by atoms with Crippen molar-refractivity contribution >= 4 is 29.4 Å². The lowest BCUT2D eigenvalue weighted by molar-refractivity contribution is -0.115. The second-order valence-electron chi connectivity index (χ2n) is 6.80. The number of hydrogen-bond donors (Lipinski definition) is 1. The van der Waals surface area contributed by atoms with Gasteiger partial charge in [0.1, 0.15) is 11.5 Å². The fraction of sp³-hybridized carbons (Fsp3) is 0.200. The van der Waals surface area contributed by atoms with E-state index in [0.717, 1.165) is 11.1 Å². The molecule has 1 N–H and O–H groups in total. The number of nitrogens with zero attached hydrogens (tertiary/aromatic N) is 1. The van der Waals surface area contributed by atoms with E-state index in [2.05, 4.69) is 43.2 Å². The molecule has 0 saturated carbocycles. The summed E-state index contributed by atoms with van der Waals surface area (Å²) in [6.45, 7) is 6.52. The van der Waals surface area contributed by atoms with Gasteiger partial charge >= 0.3 is 0 Å². The first-order valence-electron chi connectivity index (χ1n) is 7.82. The van der Waals surface area contributed by atoms with Crippen molar-refractivity contribution in [2.75, 3.05) is 0 Å². The van der Waals surface area contributed by atoms with Gasteiger partial charge in [0.05, 0.1) is 5.02 Å². The fourth-order valence-corrected chi connectivity index (χ4v) is 2.71. The Morgan fingerprint density at radius 3 is 2.33 bits per heavy atom. The summed E-state index contributed by atoms with van der Waals surface area (Å²) in [5, 5.41) is 3.34. The van der Waals surface area contributed by atoms with Crippen LogP contribution < -0.4 is 5.32 Å². The molecule has 24 heavy (non-hydrogen) atoms. The number of halogens is 1. The Balaban J connectivity index is 1.90. The topological polar surface area (TPSA) is 41.5 Å². The number of aliphatic imine (C=N–C) groups is 1. The second-order valence-corrected chi connectivity index (χ2v) is 7.20. The van der Waals surface area contributed by atoms with Crippen molar-refractivity contribution < 1.29 is 4.79 Å². The van der Waals surface area contributed by atoms with E-state index in [1.165, 1.54) is 5.56 Å². The third-order valence-electron chi connectivity index (χ3n) is 3.91. The molecule has 3 rings (SSSR count). The lowest BCUT2D eigenvalue weighted by Crippen LogP contribution is -2.24. The van der Waals surface area contributed by atoms with Crippen LogP contribution in [-0.2, 0) is 10.2 Å². The van der Waals surface area contributed by atoms with E-state index in [-0.39, 0.29) is 11.3 Å². The number of hydrogen-bond acceptors (Lipinski definition) is 2. The molecule has 0 radical (unpaired) electrons. The van der Waals surface area contributed by atoms with Crippen LogP contribution in [0, 0.1) is 0 Å². The maximum absolute atomic E-state index is 12.2. The van der Waals surface area contributed by atoms with Crippen LogP contribution in [0.1, 0.15) is 37.5 Å². The number of benzene rings is 2. The van der Waals surface area contributed by atoms with Gasteiger partial charge in [-0.1, -0.05) is 68.8 Å². The molecule has 1 amide bonds. The molecule has 1 aliphatic heterocycles. The largest absolute Gasteiger partial charge is 0.305 e. The molecular formula is C20H19ClN2O. The highest BCUT2D eigenvalue weighted by atomic mass is 35.5. The summed E-state index contributed by atoms with van der Waals surface area (Å²) in [6.07, 6.45) is 1.78. The van der Waals surface area contributed by atoms with E-state index in [1.54, 1.807) is 12.1 Å². The molecular weight excluding hydrogens is 320 g/mol. The number of nitrogens with one attached hydrogen (secondary N) is 1. The predicted molar refractivity (Wildman–Crippen MR) is 99.3 cm³/mol. The van der Waals surface area contributed by atoms with E-state index < -0.39 is 0 Å². The van der Waals surface area contributed by atoms with E-state index in [0.29, 0.717) is 16.6 Å². The standard InChI is InChI=1S/C20H19ClN2O/c1-20(2,3)14-10-8-13(9-11-14)12-17-19(24)23-18(22-17)15-6-4-5-7-16(15)21/h4-12H,1-3H3,(H,22,23,24)/b17-12-. The third kappa shape index (κ3) is 3.41. The molecule has 0 spiro atoms. The fourth-order valence-electron chi connectivity index (χ4n) is 2.49. The minimum atomic E-state index is -0.218. The summed E-state index contributed by atoms with van der Waals surface area (Å²) >= 11 is 6.17. The average molecular weight is 339 g/mol. The molecule has 0 fully saturated rings. The SMILES string of the molecule is CC(C)(C)c1ccc(/C=C2\N=C(c3ccccc3Cl)NC2=O)cc1. The summed E-state index contributed by atoms with van der Waals surface area (Å²) in [5.41, 5.74) is 3.40. The number of rotatable bonds is 2. The first kappa shape index (κ1) is 16.5. The average Bonchev–Trinajstić information content (AvgIpc) is 2.88. The molecule has 3 nitrogen and oxygen atoms in total. The van der Waals surface area contributed by atoms with Gasteiger partial charge < -0.3 is 5.32 Å². The van der Waals surface area contributed by atoms with Gasteiger partial charge in [0.25, 0.3) is 5.91 Å². The Kier molecular flexibility index (Phi) is 4.29. The van der Waals surface area contributed by atoms with Gasteiger partial charge in [-0.2, -0.15) is 0 Å².